The molecule has 3 aromatic carbocycles. The summed E-state index contributed by atoms with van der Waals surface area (Å²) in [4.78, 5) is 10.4. The van der Waals surface area contributed by atoms with Crippen molar-refractivity contribution in [3.05, 3.63) is 102 Å². The Hall–Kier alpha value is -3.11. The third kappa shape index (κ3) is 4.07. The van der Waals surface area contributed by atoms with Gasteiger partial charge in [-0.3, -0.25) is 4.90 Å². The minimum absolute atomic E-state index is 0.205. The monoisotopic (exact) mass is 371 g/mol. The molecule has 1 unspecified atom stereocenters. The topological polar surface area (TPSA) is 28.1 Å². The van der Waals surface area contributed by atoms with Crippen LogP contribution in [0.5, 0.6) is 0 Å². The summed E-state index contributed by atoms with van der Waals surface area (Å²) in [5.41, 5.74) is 5.59. The van der Waals surface area contributed by atoms with Crippen LogP contribution in [0.15, 0.2) is 90.1 Å². The maximum absolute atomic E-state index is 6.02. The smallest absolute Gasteiger partial charge is 0.207 e. The van der Waals surface area contributed by atoms with E-state index in [4.69, 9.17) is 4.84 Å². The first-order valence-electron chi connectivity index (χ1n) is 9.54. The Morgan fingerprint density at radius 3 is 2.18 bits per heavy atom. The number of anilines is 1. The lowest BCUT2D eigenvalue weighted by Crippen LogP contribution is -2.38. The van der Waals surface area contributed by atoms with Gasteiger partial charge >= 0.3 is 0 Å². The van der Waals surface area contributed by atoms with Crippen LogP contribution in [-0.2, 0) is 11.4 Å². The molecule has 4 rings (SSSR count). The Kier molecular flexibility index (Phi) is 5.40. The van der Waals surface area contributed by atoms with Crippen molar-refractivity contribution in [2.75, 3.05) is 25.5 Å². The molecule has 28 heavy (non-hydrogen) atoms. The van der Waals surface area contributed by atoms with E-state index in [1.54, 1.807) is 0 Å². The van der Waals surface area contributed by atoms with Gasteiger partial charge in [-0.15, -0.1) is 0 Å². The van der Waals surface area contributed by atoms with E-state index >= 15 is 0 Å². The number of hydrogen-bond acceptors (Lipinski definition) is 4. The van der Waals surface area contributed by atoms with E-state index in [1.165, 1.54) is 11.3 Å². The number of oxime groups is 1. The van der Waals surface area contributed by atoms with E-state index in [-0.39, 0.29) is 6.23 Å². The van der Waals surface area contributed by atoms with E-state index in [0.29, 0.717) is 0 Å². The predicted molar refractivity (Wildman–Crippen MR) is 114 cm³/mol. The molecule has 0 saturated carbocycles. The molecular weight excluding hydrogens is 346 g/mol. The zero-order chi connectivity index (χ0) is 19.3. The van der Waals surface area contributed by atoms with Crippen molar-refractivity contribution in [2.45, 2.75) is 12.8 Å². The molecule has 0 fully saturated rings. The van der Waals surface area contributed by atoms with E-state index < -0.39 is 0 Å². The second-order valence-corrected chi connectivity index (χ2v) is 7.24. The second kappa shape index (κ2) is 8.28. The Balaban J connectivity index is 1.63. The number of hydrogen-bond donors (Lipinski definition) is 0. The van der Waals surface area contributed by atoms with Crippen molar-refractivity contribution in [3.63, 3.8) is 0 Å². The predicted octanol–water partition coefficient (Wildman–Crippen LogP) is 4.69. The van der Waals surface area contributed by atoms with Crippen molar-refractivity contribution in [1.29, 1.82) is 0 Å². The van der Waals surface area contributed by atoms with E-state index in [2.05, 4.69) is 75.6 Å². The van der Waals surface area contributed by atoms with E-state index in [1.807, 2.05) is 38.4 Å². The molecule has 1 aliphatic rings. The average Bonchev–Trinajstić information content (AvgIpc) is 2.75. The van der Waals surface area contributed by atoms with Gasteiger partial charge in [-0.2, -0.15) is 0 Å². The molecule has 0 aromatic heterocycles. The first-order chi connectivity index (χ1) is 13.7. The molecule has 0 spiro atoms. The van der Waals surface area contributed by atoms with E-state index in [0.717, 1.165) is 29.9 Å². The molecule has 142 valence electrons. The van der Waals surface area contributed by atoms with Crippen LogP contribution in [0.3, 0.4) is 0 Å². The van der Waals surface area contributed by atoms with Crippen LogP contribution in [0.1, 0.15) is 22.9 Å². The fourth-order valence-corrected chi connectivity index (χ4v) is 3.42. The van der Waals surface area contributed by atoms with Gasteiger partial charge in [0.05, 0.1) is 0 Å². The van der Waals surface area contributed by atoms with Crippen molar-refractivity contribution >= 4 is 11.4 Å². The highest BCUT2D eigenvalue weighted by molar-refractivity contribution is 6.01. The van der Waals surface area contributed by atoms with Crippen LogP contribution >= 0.6 is 0 Å². The Labute approximate surface area is 166 Å². The van der Waals surface area contributed by atoms with Crippen LogP contribution < -0.4 is 4.90 Å². The minimum Gasteiger partial charge on any atom is -0.378 e. The fourth-order valence-electron chi connectivity index (χ4n) is 3.42. The fraction of sp³-hybridized carbons (Fsp3) is 0.208. The largest absolute Gasteiger partial charge is 0.378 e. The summed E-state index contributed by atoms with van der Waals surface area (Å²) >= 11 is 0. The van der Waals surface area contributed by atoms with Gasteiger partial charge < -0.3 is 9.74 Å². The van der Waals surface area contributed by atoms with Gasteiger partial charge in [-0.25, -0.2) is 0 Å². The lowest BCUT2D eigenvalue weighted by atomic mass is 10.1. The van der Waals surface area contributed by atoms with Crippen molar-refractivity contribution in [1.82, 2.24) is 4.90 Å². The molecule has 0 bridgehead atoms. The van der Waals surface area contributed by atoms with E-state index in [9.17, 15) is 0 Å². The summed E-state index contributed by atoms with van der Waals surface area (Å²) in [5.74, 6) is 0. The van der Waals surface area contributed by atoms with Crippen LogP contribution in [0.2, 0.25) is 0 Å². The molecule has 0 amide bonds. The average molecular weight is 371 g/mol. The lowest BCUT2D eigenvalue weighted by Gasteiger charge is -2.34. The molecular formula is C24H25N3O. The third-order valence-electron chi connectivity index (χ3n) is 4.98. The highest BCUT2D eigenvalue weighted by Crippen LogP contribution is 2.29. The summed E-state index contributed by atoms with van der Waals surface area (Å²) in [6.45, 7) is 1.53. The second-order valence-electron chi connectivity index (χ2n) is 7.24. The quantitative estimate of drug-likeness (QED) is 0.651. The molecule has 0 N–H and O–H groups in total. The van der Waals surface area contributed by atoms with Crippen LogP contribution in [0, 0.1) is 0 Å². The van der Waals surface area contributed by atoms with Crippen molar-refractivity contribution < 1.29 is 4.84 Å². The SMILES string of the molecule is CN(C)c1ccc(C2ON=C(c3ccccc3)CN2Cc2ccccc2)cc1. The zero-order valence-corrected chi connectivity index (χ0v) is 16.3. The lowest BCUT2D eigenvalue weighted by molar-refractivity contribution is -0.0716. The first-order valence-corrected chi connectivity index (χ1v) is 9.54. The summed E-state index contributed by atoms with van der Waals surface area (Å²) in [5, 5.41) is 4.47. The summed E-state index contributed by atoms with van der Waals surface area (Å²) in [7, 11) is 4.09. The highest BCUT2D eigenvalue weighted by Gasteiger charge is 2.28. The zero-order valence-electron chi connectivity index (χ0n) is 16.3. The van der Waals surface area contributed by atoms with Crippen molar-refractivity contribution in [3.8, 4) is 0 Å². The van der Waals surface area contributed by atoms with Gasteiger partial charge in [0.25, 0.3) is 0 Å². The molecule has 4 heteroatoms. The molecule has 1 aliphatic heterocycles. The molecule has 0 aliphatic carbocycles. The Bertz CT molecular complexity index is 921. The highest BCUT2D eigenvalue weighted by atomic mass is 16.7. The summed E-state index contributed by atoms with van der Waals surface area (Å²) in [6.07, 6.45) is -0.205. The minimum atomic E-state index is -0.205. The third-order valence-corrected chi connectivity index (χ3v) is 4.98. The molecule has 4 nitrogen and oxygen atoms in total. The number of nitrogens with zero attached hydrogens (tertiary/aromatic N) is 3. The Morgan fingerprint density at radius 1 is 0.893 bits per heavy atom. The molecule has 1 heterocycles. The van der Waals surface area contributed by atoms with Gasteiger partial charge in [0.15, 0.2) is 0 Å². The summed E-state index contributed by atoms with van der Waals surface area (Å²) in [6, 6.07) is 29.2. The normalized spacial score (nSPS) is 16.9. The first kappa shape index (κ1) is 18.3. The number of benzene rings is 3. The van der Waals surface area contributed by atoms with Crippen LogP contribution in [-0.4, -0.2) is 31.3 Å². The van der Waals surface area contributed by atoms with Gasteiger partial charge in [0.2, 0.25) is 6.23 Å². The van der Waals surface area contributed by atoms with Crippen molar-refractivity contribution in [2.24, 2.45) is 5.16 Å². The Morgan fingerprint density at radius 2 is 1.54 bits per heavy atom. The van der Waals surface area contributed by atoms with Gasteiger partial charge in [0.1, 0.15) is 5.71 Å². The molecule has 1 atom stereocenters. The molecule has 0 saturated heterocycles. The van der Waals surface area contributed by atoms with Gasteiger partial charge in [-0.1, -0.05) is 78.0 Å². The molecule has 3 aromatic rings. The maximum Gasteiger partial charge on any atom is 0.207 e. The van der Waals surface area contributed by atoms with Crippen LogP contribution in [0.25, 0.3) is 0 Å². The van der Waals surface area contributed by atoms with Gasteiger partial charge in [-0.05, 0) is 17.7 Å². The summed E-state index contributed by atoms with van der Waals surface area (Å²) < 4.78 is 0. The standard InChI is InChI=1S/C24H25N3O/c1-26(2)22-15-13-21(14-16-22)24-27(17-19-9-5-3-6-10-19)18-23(25-28-24)20-11-7-4-8-12-20/h3-16,24H,17-18H2,1-2H3. The maximum atomic E-state index is 6.02. The van der Waals surface area contributed by atoms with Gasteiger partial charge in [0, 0.05) is 44.0 Å². The molecule has 0 radical (unpaired) electrons. The number of rotatable bonds is 5. The van der Waals surface area contributed by atoms with Crippen LogP contribution in [0.4, 0.5) is 5.69 Å².